The van der Waals surface area contributed by atoms with Gasteiger partial charge in [0.25, 0.3) is 0 Å². The van der Waals surface area contributed by atoms with E-state index in [4.69, 9.17) is 11.6 Å². The number of benzene rings is 1. The first-order valence-electron chi connectivity index (χ1n) is 8.41. The Labute approximate surface area is 155 Å². The fourth-order valence-corrected chi connectivity index (χ4v) is 4.33. The molecule has 0 saturated heterocycles. The molecule has 0 aliphatic heterocycles. The minimum atomic E-state index is -3.17. The van der Waals surface area contributed by atoms with E-state index in [-0.39, 0.29) is 5.41 Å². The van der Waals surface area contributed by atoms with Crippen molar-refractivity contribution in [2.75, 3.05) is 6.26 Å². The average molecular weight is 375 g/mol. The Hall–Kier alpha value is -1.58. The van der Waals surface area contributed by atoms with Crippen LogP contribution < -0.4 is 0 Å². The fraction of sp³-hybridized carbons (Fsp3) is 0.333. The normalized spacial score (nSPS) is 20.3. The van der Waals surface area contributed by atoms with E-state index in [9.17, 15) is 8.42 Å². The second kappa shape index (κ2) is 6.62. The first kappa shape index (κ1) is 18.2. The van der Waals surface area contributed by atoms with E-state index in [1.165, 1.54) is 23.0 Å². The van der Waals surface area contributed by atoms with E-state index >= 15 is 0 Å². The summed E-state index contributed by atoms with van der Waals surface area (Å²) < 4.78 is 23.4. The Kier molecular flexibility index (Phi) is 4.82. The molecule has 0 saturated carbocycles. The molecule has 0 N–H and O–H groups in total. The minimum absolute atomic E-state index is 0.199. The highest BCUT2D eigenvalue weighted by molar-refractivity contribution is 7.90. The van der Waals surface area contributed by atoms with Gasteiger partial charge in [0.15, 0.2) is 9.84 Å². The molecular weight excluding hydrogens is 352 g/mol. The average Bonchev–Trinajstić information content (AvgIpc) is 2.70. The molecule has 0 amide bonds. The van der Waals surface area contributed by atoms with Crippen molar-refractivity contribution in [3.63, 3.8) is 0 Å². The minimum Gasteiger partial charge on any atom is -0.224 e. The van der Waals surface area contributed by atoms with Crippen LogP contribution in [0.3, 0.4) is 0 Å². The lowest BCUT2D eigenvalue weighted by Gasteiger charge is -2.17. The number of hydrogen-bond acceptors (Lipinski definition) is 2. The van der Waals surface area contributed by atoms with Gasteiger partial charge < -0.3 is 0 Å². The van der Waals surface area contributed by atoms with E-state index in [2.05, 4.69) is 26.0 Å². The van der Waals surface area contributed by atoms with Gasteiger partial charge in [0.1, 0.15) is 0 Å². The van der Waals surface area contributed by atoms with Crippen LogP contribution in [-0.2, 0) is 9.84 Å². The summed E-state index contributed by atoms with van der Waals surface area (Å²) in [5.41, 5.74) is 5.28. The molecule has 0 unspecified atom stereocenters. The monoisotopic (exact) mass is 374 g/mol. The maximum absolute atomic E-state index is 11.7. The van der Waals surface area contributed by atoms with Crippen LogP contribution in [0.5, 0.6) is 0 Å². The molecule has 0 bridgehead atoms. The number of allylic oxidation sites excluding steroid dienone is 8. The van der Waals surface area contributed by atoms with E-state index in [1.807, 2.05) is 24.3 Å². The van der Waals surface area contributed by atoms with Crippen LogP contribution in [0.15, 0.2) is 69.6 Å². The zero-order valence-corrected chi connectivity index (χ0v) is 16.4. The van der Waals surface area contributed by atoms with Gasteiger partial charge in [-0.15, -0.1) is 0 Å². The van der Waals surface area contributed by atoms with Crippen molar-refractivity contribution in [2.24, 2.45) is 5.41 Å². The van der Waals surface area contributed by atoms with Crippen molar-refractivity contribution in [1.29, 1.82) is 0 Å². The van der Waals surface area contributed by atoms with Gasteiger partial charge in [-0.1, -0.05) is 49.7 Å². The number of rotatable bonds is 3. The third-order valence-electron chi connectivity index (χ3n) is 4.75. The summed E-state index contributed by atoms with van der Waals surface area (Å²) in [7, 11) is -3.17. The molecule has 0 atom stereocenters. The number of halogens is 1. The second-order valence-electron chi connectivity index (χ2n) is 7.62. The molecule has 2 aliphatic rings. The molecule has 1 aromatic rings. The maximum atomic E-state index is 11.7. The third kappa shape index (κ3) is 4.16. The molecule has 0 aromatic heterocycles. The Bertz CT molecular complexity index is 911. The third-order valence-corrected chi connectivity index (χ3v) is 6.13. The van der Waals surface area contributed by atoms with Crippen LogP contribution >= 0.6 is 11.6 Å². The molecule has 0 heterocycles. The zero-order valence-electron chi connectivity index (χ0n) is 14.8. The summed E-state index contributed by atoms with van der Waals surface area (Å²) in [6, 6.07) is 7.28. The highest BCUT2D eigenvalue weighted by atomic mass is 35.5. The summed E-state index contributed by atoms with van der Waals surface area (Å²) in [6.07, 6.45) is 12.2. The van der Waals surface area contributed by atoms with E-state index in [0.29, 0.717) is 4.90 Å². The first-order chi connectivity index (χ1) is 11.7. The summed E-state index contributed by atoms with van der Waals surface area (Å²) in [4.78, 5) is 0.363. The highest BCUT2D eigenvalue weighted by Gasteiger charge is 2.32. The van der Waals surface area contributed by atoms with Crippen molar-refractivity contribution >= 4 is 27.0 Å². The molecule has 25 heavy (non-hydrogen) atoms. The standard InChI is InChI=1S/C21H23ClO2S/c1-21(2)13-19(15-5-4-6-17(22)10-7-15)20(14-21)16-8-11-18(12-9-16)25(3,23)24/h4,6-12H,5,13-14H2,1-3H3. The van der Waals surface area contributed by atoms with Gasteiger partial charge in [-0.3, -0.25) is 0 Å². The summed E-state index contributed by atoms with van der Waals surface area (Å²) >= 11 is 6.12. The van der Waals surface area contributed by atoms with E-state index in [1.54, 1.807) is 12.1 Å². The molecule has 1 aromatic carbocycles. The summed E-state index contributed by atoms with van der Waals surface area (Å²) in [6.45, 7) is 4.56. The van der Waals surface area contributed by atoms with Crippen molar-refractivity contribution in [2.45, 2.75) is 38.0 Å². The Morgan fingerprint density at radius 1 is 1.00 bits per heavy atom. The molecule has 0 fully saturated rings. The fourth-order valence-electron chi connectivity index (χ4n) is 3.55. The van der Waals surface area contributed by atoms with Crippen molar-refractivity contribution in [3.05, 3.63) is 70.3 Å². The Morgan fingerprint density at radius 2 is 1.64 bits per heavy atom. The quantitative estimate of drug-likeness (QED) is 0.682. The largest absolute Gasteiger partial charge is 0.224 e. The zero-order chi connectivity index (χ0) is 18.2. The molecular formula is C21H23ClO2S. The molecule has 0 spiro atoms. The lowest BCUT2D eigenvalue weighted by atomic mass is 9.87. The highest BCUT2D eigenvalue weighted by Crippen LogP contribution is 2.49. The lowest BCUT2D eigenvalue weighted by molar-refractivity contribution is 0.397. The topological polar surface area (TPSA) is 34.1 Å². The lowest BCUT2D eigenvalue weighted by Crippen LogP contribution is -2.05. The van der Waals surface area contributed by atoms with Gasteiger partial charge in [-0.2, -0.15) is 0 Å². The molecule has 0 radical (unpaired) electrons. The smallest absolute Gasteiger partial charge is 0.175 e. The predicted octanol–water partition coefficient (Wildman–Crippen LogP) is 5.67. The molecule has 132 valence electrons. The van der Waals surface area contributed by atoms with Gasteiger partial charge in [-0.05, 0) is 71.2 Å². The Morgan fingerprint density at radius 3 is 2.28 bits per heavy atom. The van der Waals surface area contributed by atoms with Gasteiger partial charge in [0, 0.05) is 11.3 Å². The summed E-state index contributed by atoms with van der Waals surface area (Å²) in [5.74, 6) is 0. The van der Waals surface area contributed by atoms with Crippen molar-refractivity contribution in [3.8, 4) is 0 Å². The maximum Gasteiger partial charge on any atom is 0.175 e. The summed E-state index contributed by atoms with van der Waals surface area (Å²) in [5, 5.41) is 0.743. The predicted molar refractivity (Wildman–Crippen MR) is 105 cm³/mol. The van der Waals surface area contributed by atoms with E-state index in [0.717, 1.165) is 29.9 Å². The molecule has 3 rings (SSSR count). The second-order valence-corrected chi connectivity index (χ2v) is 10.1. The molecule has 2 aliphatic carbocycles. The molecule has 4 heteroatoms. The Balaban J connectivity index is 2.05. The van der Waals surface area contributed by atoms with E-state index < -0.39 is 9.84 Å². The first-order valence-corrected chi connectivity index (χ1v) is 10.7. The van der Waals surface area contributed by atoms with Crippen LogP contribution in [-0.4, -0.2) is 14.7 Å². The van der Waals surface area contributed by atoms with Crippen LogP contribution in [0.25, 0.3) is 5.57 Å². The SMILES string of the molecule is CC1(C)CC(C2=CC=C(Cl)C=CC2)=C(c2ccc(S(C)(=O)=O)cc2)C1. The van der Waals surface area contributed by atoms with Crippen molar-refractivity contribution < 1.29 is 8.42 Å². The van der Waals surface area contributed by atoms with Gasteiger partial charge in [0.05, 0.1) is 4.90 Å². The van der Waals surface area contributed by atoms with Gasteiger partial charge in [-0.25, -0.2) is 8.42 Å². The van der Waals surface area contributed by atoms with Crippen LogP contribution in [0.2, 0.25) is 0 Å². The van der Waals surface area contributed by atoms with Gasteiger partial charge in [0.2, 0.25) is 0 Å². The van der Waals surface area contributed by atoms with Crippen LogP contribution in [0, 0.1) is 5.41 Å². The van der Waals surface area contributed by atoms with Crippen LogP contribution in [0.1, 0.15) is 38.7 Å². The number of hydrogen-bond donors (Lipinski definition) is 0. The van der Waals surface area contributed by atoms with Crippen LogP contribution in [0.4, 0.5) is 0 Å². The van der Waals surface area contributed by atoms with Crippen molar-refractivity contribution in [1.82, 2.24) is 0 Å². The van der Waals surface area contributed by atoms with Gasteiger partial charge >= 0.3 is 0 Å². The molecule has 2 nitrogen and oxygen atoms in total. The number of sulfone groups is 1.